The van der Waals surface area contributed by atoms with E-state index in [0.29, 0.717) is 19.2 Å². The highest BCUT2D eigenvalue weighted by molar-refractivity contribution is 8.00. The summed E-state index contributed by atoms with van der Waals surface area (Å²) in [7, 11) is 1.88. The second-order valence-electron chi connectivity index (χ2n) is 8.14. The number of nitrogens with zero attached hydrogens (tertiary/aromatic N) is 7. The van der Waals surface area contributed by atoms with Gasteiger partial charge in [0.25, 0.3) is 5.95 Å². The van der Waals surface area contributed by atoms with Gasteiger partial charge < -0.3 is 19.3 Å². The zero-order valence-electron chi connectivity index (χ0n) is 18.2. The third-order valence-electron chi connectivity index (χ3n) is 6.09. The molecule has 2 aliphatic heterocycles. The first-order valence-corrected chi connectivity index (χ1v) is 12.0. The van der Waals surface area contributed by atoms with Crippen molar-refractivity contribution in [3.8, 4) is 5.95 Å². The minimum absolute atomic E-state index is 0.234. The molecule has 9 nitrogen and oxygen atoms in total. The van der Waals surface area contributed by atoms with Gasteiger partial charge in [0.05, 0.1) is 30.3 Å². The van der Waals surface area contributed by atoms with Gasteiger partial charge in [-0.2, -0.15) is 4.98 Å². The zero-order chi connectivity index (χ0) is 21.7. The van der Waals surface area contributed by atoms with Crippen LogP contribution in [0.25, 0.3) is 22.5 Å². The third-order valence-corrected chi connectivity index (χ3v) is 7.24. The number of hydrogen-bond acceptors (Lipinski definition) is 8. The highest BCUT2D eigenvalue weighted by Crippen LogP contribution is 2.34. The summed E-state index contributed by atoms with van der Waals surface area (Å²) in [5, 5.41) is 8.25. The maximum absolute atomic E-state index is 5.70. The van der Waals surface area contributed by atoms with Gasteiger partial charge in [-0.05, 0) is 49.6 Å². The fourth-order valence-corrected chi connectivity index (χ4v) is 5.52. The average molecular weight is 451 g/mol. The molecule has 0 saturated carbocycles. The number of aromatic nitrogens is 5. The van der Waals surface area contributed by atoms with Crippen LogP contribution in [0.5, 0.6) is 0 Å². The Morgan fingerprint density at radius 2 is 2.00 bits per heavy atom. The molecule has 2 fully saturated rings. The molecule has 0 spiro atoms. The number of rotatable bonds is 4. The predicted octanol–water partition coefficient (Wildman–Crippen LogP) is 3.19. The molecule has 0 amide bonds. The molecular weight excluding hydrogens is 424 g/mol. The number of fused-ring (bicyclic) bond motifs is 2. The fourth-order valence-electron chi connectivity index (χ4n) is 4.52. The van der Waals surface area contributed by atoms with Gasteiger partial charge in [0.15, 0.2) is 5.82 Å². The molecule has 5 heterocycles. The van der Waals surface area contributed by atoms with E-state index in [-0.39, 0.29) is 6.04 Å². The molecule has 32 heavy (non-hydrogen) atoms. The van der Waals surface area contributed by atoms with Crippen LogP contribution >= 0.6 is 11.9 Å². The molecule has 0 bridgehead atoms. The number of hydrogen-bond donors (Lipinski definition) is 1. The first kappa shape index (κ1) is 19.7. The Morgan fingerprint density at radius 1 is 1.09 bits per heavy atom. The van der Waals surface area contributed by atoms with Crippen molar-refractivity contribution in [2.75, 3.05) is 53.6 Å². The Labute approximate surface area is 190 Å². The van der Waals surface area contributed by atoms with Crippen LogP contribution in [0.2, 0.25) is 0 Å². The largest absolute Gasteiger partial charge is 0.377 e. The SMILES string of the molecule is CNc1nc2ccccc2n1-c1nc(N2CCOCC2C)c2ccc(N3CCCS3)n2n1. The van der Waals surface area contributed by atoms with E-state index in [1.54, 1.807) is 0 Å². The number of nitrogens with one attached hydrogen (secondary N) is 1. The molecule has 3 aromatic heterocycles. The molecule has 2 saturated heterocycles. The molecule has 1 aromatic carbocycles. The summed E-state index contributed by atoms with van der Waals surface area (Å²) in [5.41, 5.74) is 2.89. The Bertz CT molecular complexity index is 1280. The van der Waals surface area contributed by atoms with Gasteiger partial charge in [0, 0.05) is 25.9 Å². The second-order valence-corrected chi connectivity index (χ2v) is 9.25. The van der Waals surface area contributed by atoms with E-state index < -0.39 is 0 Å². The van der Waals surface area contributed by atoms with Gasteiger partial charge >= 0.3 is 0 Å². The minimum Gasteiger partial charge on any atom is -0.377 e. The van der Waals surface area contributed by atoms with E-state index in [2.05, 4.69) is 39.6 Å². The number of anilines is 3. The van der Waals surface area contributed by atoms with Crippen LogP contribution in [-0.4, -0.2) is 69.3 Å². The maximum Gasteiger partial charge on any atom is 0.257 e. The first-order valence-electron chi connectivity index (χ1n) is 11.0. The lowest BCUT2D eigenvalue weighted by Crippen LogP contribution is -2.44. The smallest absolute Gasteiger partial charge is 0.257 e. The monoisotopic (exact) mass is 450 g/mol. The lowest BCUT2D eigenvalue weighted by Gasteiger charge is -2.34. The molecule has 2 aliphatic rings. The molecule has 1 unspecified atom stereocenters. The van der Waals surface area contributed by atoms with E-state index in [9.17, 15) is 0 Å². The summed E-state index contributed by atoms with van der Waals surface area (Å²) in [6.07, 6.45) is 1.18. The van der Waals surface area contributed by atoms with Crippen LogP contribution in [0.3, 0.4) is 0 Å². The molecular formula is C22H26N8OS. The van der Waals surface area contributed by atoms with Crippen LogP contribution < -0.4 is 14.5 Å². The topological polar surface area (TPSA) is 75.8 Å². The normalized spacial score (nSPS) is 19.4. The lowest BCUT2D eigenvalue weighted by molar-refractivity contribution is 0.0986. The number of imidazole rings is 1. The quantitative estimate of drug-likeness (QED) is 0.475. The van der Waals surface area contributed by atoms with Gasteiger partial charge in [-0.15, -0.1) is 5.10 Å². The molecule has 1 atom stereocenters. The van der Waals surface area contributed by atoms with Crippen LogP contribution in [-0.2, 0) is 4.74 Å². The fraction of sp³-hybridized carbons (Fsp3) is 0.409. The van der Waals surface area contributed by atoms with E-state index in [1.165, 1.54) is 6.42 Å². The molecule has 6 rings (SSSR count). The number of para-hydroxylation sites is 2. The summed E-state index contributed by atoms with van der Waals surface area (Å²) in [5.74, 6) is 4.47. The van der Waals surface area contributed by atoms with Gasteiger partial charge in [0.1, 0.15) is 11.3 Å². The number of morpholine rings is 1. The molecule has 10 heteroatoms. The van der Waals surface area contributed by atoms with Crippen molar-refractivity contribution >= 4 is 46.1 Å². The Kier molecular flexibility index (Phi) is 4.83. The van der Waals surface area contributed by atoms with E-state index in [0.717, 1.165) is 53.0 Å². The standard InChI is InChI=1S/C22H26N8OS/c1-15-14-31-12-11-27(15)20-18-8-9-19(28-10-5-13-32-28)30(18)26-22(25-20)29-17-7-4-3-6-16(17)24-21(29)23-2/h3-4,6-9,15H,5,10-14H2,1-2H3,(H,23,24). The molecule has 1 N–H and O–H groups in total. The highest BCUT2D eigenvalue weighted by atomic mass is 32.2. The summed E-state index contributed by atoms with van der Waals surface area (Å²) < 4.78 is 12.1. The molecule has 166 valence electrons. The van der Waals surface area contributed by atoms with Crippen molar-refractivity contribution in [3.63, 3.8) is 0 Å². The Morgan fingerprint density at radius 3 is 2.81 bits per heavy atom. The molecule has 4 aromatic rings. The summed E-state index contributed by atoms with van der Waals surface area (Å²) in [4.78, 5) is 12.2. The van der Waals surface area contributed by atoms with Crippen molar-refractivity contribution in [1.82, 2.24) is 24.1 Å². The van der Waals surface area contributed by atoms with E-state index in [1.807, 2.05) is 46.3 Å². The van der Waals surface area contributed by atoms with Crippen molar-refractivity contribution in [2.24, 2.45) is 0 Å². The second kappa shape index (κ2) is 7.86. The predicted molar refractivity (Wildman–Crippen MR) is 129 cm³/mol. The number of benzene rings is 1. The van der Waals surface area contributed by atoms with Gasteiger partial charge in [-0.1, -0.05) is 12.1 Å². The van der Waals surface area contributed by atoms with Crippen LogP contribution in [0, 0.1) is 0 Å². The van der Waals surface area contributed by atoms with Crippen LogP contribution in [0.4, 0.5) is 17.6 Å². The van der Waals surface area contributed by atoms with Crippen molar-refractivity contribution in [2.45, 2.75) is 19.4 Å². The van der Waals surface area contributed by atoms with Gasteiger partial charge in [0.2, 0.25) is 5.95 Å². The summed E-state index contributed by atoms with van der Waals surface area (Å²) >= 11 is 1.86. The van der Waals surface area contributed by atoms with Crippen molar-refractivity contribution in [1.29, 1.82) is 0 Å². The van der Waals surface area contributed by atoms with Crippen molar-refractivity contribution < 1.29 is 4.74 Å². The first-order chi connectivity index (χ1) is 15.7. The maximum atomic E-state index is 5.70. The summed E-state index contributed by atoms with van der Waals surface area (Å²) in [6, 6.07) is 12.6. The Hall–Kier alpha value is -2.98. The summed E-state index contributed by atoms with van der Waals surface area (Å²) in [6.45, 7) is 5.40. The van der Waals surface area contributed by atoms with E-state index >= 15 is 0 Å². The van der Waals surface area contributed by atoms with Crippen LogP contribution in [0.1, 0.15) is 13.3 Å². The lowest BCUT2D eigenvalue weighted by atomic mass is 10.2. The van der Waals surface area contributed by atoms with Crippen LogP contribution in [0.15, 0.2) is 36.4 Å². The van der Waals surface area contributed by atoms with E-state index in [4.69, 9.17) is 19.8 Å². The number of ether oxygens (including phenoxy) is 1. The van der Waals surface area contributed by atoms with Gasteiger partial charge in [-0.25, -0.2) is 14.1 Å². The van der Waals surface area contributed by atoms with Gasteiger partial charge in [-0.3, -0.25) is 0 Å². The molecule has 0 radical (unpaired) electrons. The minimum atomic E-state index is 0.234. The zero-order valence-corrected chi connectivity index (χ0v) is 19.0. The third kappa shape index (κ3) is 3.08. The Balaban J connectivity index is 1.61. The molecule has 0 aliphatic carbocycles. The average Bonchev–Trinajstić information content (AvgIpc) is 3.56. The highest BCUT2D eigenvalue weighted by Gasteiger charge is 2.27. The van der Waals surface area contributed by atoms with Crippen molar-refractivity contribution in [3.05, 3.63) is 36.4 Å².